The minimum Gasteiger partial charge on any atom is -0.434 e. The fourth-order valence-corrected chi connectivity index (χ4v) is 1.79. The van der Waals surface area contributed by atoms with E-state index in [1.165, 1.54) is 12.1 Å². The van der Waals surface area contributed by atoms with Gasteiger partial charge in [-0.15, -0.1) is 0 Å². The van der Waals surface area contributed by atoms with Crippen LogP contribution < -0.4 is 15.8 Å². The molecule has 0 spiro atoms. The normalized spacial score (nSPS) is 11.6. The molecule has 1 aromatic carbocycles. The third-order valence-corrected chi connectivity index (χ3v) is 2.89. The zero-order chi connectivity index (χ0) is 15.5. The fourth-order valence-electron chi connectivity index (χ4n) is 1.79. The molecule has 1 amide bonds. The van der Waals surface area contributed by atoms with Gasteiger partial charge in [-0.2, -0.15) is 8.78 Å². The molecule has 3 N–H and O–H groups in total. The summed E-state index contributed by atoms with van der Waals surface area (Å²) in [5, 5.41) is 2.78. The second kappa shape index (κ2) is 6.17. The number of benzene rings is 1. The van der Waals surface area contributed by atoms with Crippen LogP contribution in [0.4, 0.5) is 8.78 Å². The molecule has 0 bridgehead atoms. The fraction of sp³-hybridized carbons (Fsp3) is 0.500. The van der Waals surface area contributed by atoms with Gasteiger partial charge in [0.1, 0.15) is 5.75 Å². The maximum Gasteiger partial charge on any atom is 0.387 e. The first-order valence-corrected chi connectivity index (χ1v) is 6.25. The van der Waals surface area contributed by atoms with E-state index in [2.05, 4.69) is 10.1 Å². The summed E-state index contributed by atoms with van der Waals surface area (Å²) in [6.07, 6.45) is 0. The predicted octanol–water partition coefficient (Wildman–Crippen LogP) is 2.37. The Morgan fingerprint density at radius 3 is 2.25 bits per heavy atom. The van der Waals surface area contributed by atoms with Crippen molar-refractivity contribution in [2.45, 2.75) is 39.8 Å². The monoisotopic (exact) mass is 286 g/mol. The molecule has 0 radical (unpaired) electrons. The maximum atomic E-state index is 12.3. The van der Waals surface area contributed by atoms with Gasteiger partial charge in [-0.25, -0.2) is 0 Å². The molecule has 20 heavy (non-hydrogen) atoms. The molecular weight excluding hydrogens is 266 g/mol. The van der Waals surface area contributed by atoms with Crippen LogP contribution in [0.2, 0.25) is 0 Å². The Kier molecular flexibility index (Phi) is 5.05. The van der Waals surface area contributed by atoms with Gasteiger partial charge in [0, 0.05) is 17.6 Å². The first-order chi connectivity index (χ1) is 9.16. The van der Waals surface area contributed by atoms with Crippen LogP contribution in [0.25, 0.3) is 0 Å². The second-order valence-electron chi connectivity index (χ2n) is 5.36. The van der Waals surface area contributed by atoms with Crippen molar-refractivity contribution in [3.8, 4) is 5.75 Å². The van der Waals surface area contributed by atoms with Crippen LogP contribution in [0.5, 0.6) is 5.75 Å². The molecule has 0 saturated carbocycles. The Morgan fingerprint density at radius 2 is 1.85 bits per heavy atom. The van der Waals surface area contributed by atoms with Crippen molar-refractivity contribution in [2.75, 3.05) is 6.54 Å². The highest BCUT2D eigenvalue weighted by Gasteiger charge is 2.21. The van der Waals surface area contributed by atoms with Crippen molar-refractivity contribution in [1.82, 2.24) is 5.32 Å². The van der Waals surface area contributed by atoms with Crippen LogP contribution in [0, 0.1) is 13.8 Å². The van der Waals surface area contributed by atoms with Gasteiger partial charge in [0.2, 0.25) is 0 Å². The molecular formula is C14H20F2N2O2. The molecule has 0 atom stereocenters. The average molecular weight is 286 g/mol. The zero-order valence-electron chi connectivity index (χ0n) is 12.1. The lowest BCUT2D eigenvalue weighted by atomic mass is 10.0. The van der Waals surface area contributed by atoms with E-state index in [1.807, 2.05) is 0 Å². The number of aryl methyl sites for hydroxylation is 2. The Hall–Kier alpha value is -1.69. The molecule has 0 aromatic heterocycles. The Morgan fingerprint density at radius 1 is 1.35 bits per heavy atom. The zero-order valence-corrected chi connectivity index (χ0v) is 12.1. The summed E-state index contributed by atoms with van der Waals surface area (Å²) in [7, 11) is 0. The number of nitrogens with one attached hydrogen (secondary N) is 1. The Bertz CT molecular complexity index is 479. The van der Waals surface area contributed by atoms with Crippen molar-refractivity contribution in [3.63, 3.8) is 0 Å². The molecule has 1 aromatic rings. The van der Waals surface area contributed by atoms with Crippen LogP contribution in [-0.2, 0) is 0 Å². The standard InChI is InChI=1S/C14H20F2N2O2/c1-8-5-10(12(19)18-14(3,4)7-17)6-9(2)11(8)20-13(15)16/h5-6,13H,7,17H2,1-4H3,(H,18,19). The molecule has 0 aliphatic heterocycles. The van der Waals surface area contributed by atoms with Crippen LogP contribution in [0.3, 0.4) is 0 Å². The van der Waals surface area contributed by atoms with Crippen LogP contribution >= 0.6 is 0 Å². The quantitative estimate of drug-likeness (QED) is 0.873. The molecule has 1 rings (SSSR count). The van der Waals surface area contributed by atoms with E-state index >= 15 is 0 Å². The molecule has 0 saturated heterocycles. The number of carbonyl (C=O) groups is 1. The van der Waals surface area contributed by atoms with Gasteiger partial charge in [0.05, 0.1) is 0 Å². The van der Waals surface area contributed by atoms with Crippen molar-refractivity contribution >= 4 is 5.91 Å². The van der Waals surface area contributed by atoms with Gasteiger partial charge in [-0.1, -0.05) is 0 Å². The highest BCUT2D eigenvalue weighted by atomic mass is 19.3. The third kappa shape index (κ3) is 4.16. The minimum absolute atomic E-state index is 0.106. The van der Waals surface area contributed by atoms with E-state index < -0.39 is 12.2 Å². The summed E-state index contributed by atoms with van der Waals surface area (Å²) >= 11 is 0. The lowest BCUT2D eigenvalue weighted by Gasteiger charge is -2.24. The van der Waals surface area contributed by atoms with Gasteiger partial charge in [0.25, 0.3) is 5.91 Å². The van der Waals surface area contributed by atoms with Gasteiger partial charge in [0.15, 0.2) is 0 Å². The molecule has 0 unspecified atom stereocenters. The summed E-state index contributed by atoms with van der Waals surface area (Å²) in [4.78, 5) is 12.1. The number of amides is 1. The number of hydrogen-bond donors (Lipinski definition) is 2. The first-order valence-electron chi connectivity index (χ1n) is 6.25. The van der Waals surface area contributed by atoms with E-state index in [0.717, 1.165) is 0 Å². The average Bonchev–Trinajstić information content (AvgIpc) is 2.32. The van der Waals surface area contributed by atoms with E-state index in [-0.39, 0.29) is 11.7 Å². The number of hydrogen-bond acceptors (Lipinski definition) is 3. The smallest absolute Gasteiger partial charge is 0.387 e. The second-order valence-corrected chi connectivity index (χ2v) is 5.36. The minimum atomic E-state index is -2.89. The van der Waals surface area contributed by atoms with E-state index in [0.29, 0.717) is 23.2 Å². The number of halogens is 2. The van der Waals surface area contributed by atoms with Gasteiger partial charge in [-0.3, -0.25) is 4.79 Å². The number of rotatable bonds is 5. The van der Waals surface area contributed by atoms with Crippen LogP contribution in [-0.4, -0.2) is 24.6 Å². The molecule has 0 fully saturated rings. The van der Waals surface area contributed by atoms with E-state index in [4.69, 9.17) is 5.73 Å². The van der Waals surface area contributed by atoms with Gasteiger partial charge >= 0.3 is 6.61 Å². The molecule has 0 heterocycles. The Balaban J connectivity index is 3.02. The summed E-state index contributed by atoms with van der Waals surface area (Å²) in [6, 6.07) is 3.04. The highest BCUT2D eigenvalue weighted by Crippen LogP contribution is 2.26. The lowest BCUT2D eigenvalue weighted by Crippen LogP contribution is -2.48. The molecule has 0 aliphatic rings. The number of carbonyl (C=O) groups excluding carboxylic acids is 1. The van der Waals surface area contributed by atoms with Crippen molar-refractivity contribution in [2.24, 2.45) is 5.73 Å². The molecule has 0 aliphatic carbocycles. The molecule has 6 heteroatoms. The van der Waals surface area contributed by atoms with Crippen molar-refractivity contribution in [3.05, 3.63) is 28.8 Å². The van der Waals surface area contributed by atoms with Gasteiger partial charge < -0.3 is 15.8 Å². The molecule has 112 valence electrons. The molecule has 4 nitrogen and oxygen atoms in total. The Labute approximate surface area is 117 Å². The van der Waals surface area contributed by atoms with Crippen molar-refractivity contribution < 1.29 is 18.3 Å². The number of ether oxygens (including phenoxy) is 1. The third-order valence-electron chi connectivity index (χ3n) is 2.89. The van der Waals surface area contributed by atoms with E-state index in [9.17, 15) is 13.6 Å². The van der Waals surface area contributed by atoms with Crippen LogP contribution in [0.15, 0.2) is 12.1 Å². The van der Waals surface area contributed by atoms with E-state index in [1.54, 1.807) is 27.7 Å². The summed E-state index contributed by atoms with van der Waals surface area (Å²) in [5.41, 5.74) is 6.39. The number of nitrogens with two attached hydrogens (primary N) is 1. The van der Waals surface area contributed by atoms with Crippen LogP contribution in [0.1, 0.15) is 35.3 Å². The maximum absolute atomic E-state index is 12.3. The largest absolute Gasteiger partial charge is 0.434 e. The SMILES string of the molecule is Cc1cc(C(=O)NC(C)(C)CN)cc(C)c1OC(F)F. The van der Waals surface area contributed by atoms with Gasteiger partial charge in [-0.05, 0) is 51.0 Å². The summed E-state index contributed by atoms with van der Waals surface area (Å²) in [5.74, 6) is -0.190. The van der Waals surface area contributed by atoms with Crippen molar-refractivity contribution in [1.29, 1.82) is 0 Å². The predicted molar refractivity (Wildman–Crippen MR) is 73.1 cm³/mol. The number of alkyl halides is 2. The lowest BCUT2D eigenvalue weighted by molar-refractivity contribution is -0.0507. The first kappa shape index (κ1) is 16.4. The highest BCUT2D eigenvalue weighted by molar-refractivity contribution is 5.95. The summed E-state index contributed by atoms with van der Waals surface area (Å²) in [6.45, 7) is 4.26. The summed E-state index contributed by atoms with van der Waals surface area (Å²) < 4.78 is 29.0. The topological polar surface area (TPSA) is 64.4 Å².